The lowest BCUT2D eigenvalue weighted by Crippen LogP contribution is -2.22. The molecule has 0 N–H and O–H groups in total. The van der Waals surface area contributed by atoms with Gasteiger partial charge in [-0.2, -0.15) is 0 Å². The lowest BCUT2D eigenvalue weighted by atomic mass is 9.74. The molecule has 0 aliphatic heterocycles. The Bertz CT molecular complexity index is 2280. The van der Waals surface area contributed by atoms with E-state index in [1.54, 1.807) is 0 Å². The third-order valence-corrected chi connectivity index (χ3v) is 9.76. The van der Waals surface area contributed by atoms with Crippen LogP contribution >= 0.6 is 0 Å². The molecule has 46 heavy (non-hydrogen) atoms. The first-order valence-electron chi connectivity index (χ1n) is 15.9. The summed E-state index contributed by atoms with van der Waals surface area (Å²) in [5, 5.41) is 2.30. The van der Waals surface area contributed by atoms with Crippen molar-refractivity contribution in [2.75, 3.05) is 4.90 Å². The molecule has 1 aromatic heterocycles. The molecule has 1 heterocycles. The second-order valence-corrected chi connectivity index (χ2v) is 12.3. The number of rotatable bonds is 5. The Balaban J connectivity index is 1.18. The summed E-state index contributed by atoms with van der Waals surface area (Å²) < 4.78 is 6.47. The number of benzene rings is 7. The largest absolute Gasteiger partial charge is 0.456 e. The van der Waals surface area contributed by atoms with E-state index >= 15 is 0 Å². The van der Waals surface area contributed by atoms with Crippen LogP contribution in [0.25, 0.3) is 44.2 Å². The van der Waals surface area contributed by atoms with Crippen LogP contribution in [0.5, 0.6) is 0 Å². The molecule has 2 nitrogen and oxygen atoms in total. The Labute approximate surface area is 268 Å². The fraction of sp³-hybridized carbons (Fsp3) is 0.0455. The monoisotopic (exact) mass is 589 g/mol. The zero-order chi connectivity index (χ0) is 30.7. The van der Waals surface area contributed by atoms with Crippen molar-refractivity contribution in [1.29, 1.82) is 0 Å². The van der Waals surface area contributed by atoms with Crippen molar-refractivity contribution in [3.63, 3.8) is 0 Å². The van der Waals surface area contributed by atoms with Crippen molar-refractivity contribution in [3.8, 4) is 22.3 Å². The molecule has 9 rings (SSSR count). The van der Waals surface area contributed by atoms with Crippen LogP contribution in [-0.2, 0) is 5.41 Å². The standard InChI is InChI=1S/C44H31NO/c1-44(39-20-10-8-17-36(39)37-18-9-11-21-40(37)44)31-25-28-41-38(29-31)43-35(19-12-22-42(43)46-41)30-23-26-34(27-24-30)45(32-13-4-2-5-14-32)33-15-6-3-7-16-33/h2-29H,1H3. The molecule has 0 saturated carbocycles. The molecule has 0 saturated heterocycles. The van der Waals surface area contributed by atoms with E-state index in [1.165, 1.54) is 33.4 Å². The van der Waals surface area contributed by atoms with Gasteiger partial charge in [-0.05, 0) is 100 Å². The van der Waals surface area contributed by atoms with Gasteiger partial charge in [0.1, 0.15) is 11.2 Å². The van der Waals surface area contributed by atoms with Crippen molar-refractivity contribution < 1.29 is 4.42 Å². The van der Waals surface area contributed by atoms with Crippen LogP contribution in [0.4, 0.5) is 17.1 Å². The molecule has 0 atom stereocenters. The maximum absolute atomic E-state index is 6.47. The molecular formula is C44H31NO. The molecule has 1 aliphatic rings. The van der Waals surface area contributed by atoms with Crippen molar-refractivity contribution in [3.05, 3.63) is 187 Å². The summed E-state index contributed by atoms with van der Waals surface area (Å²) in [4.78, 5) is 2.29. The van der Waals surface area contributed by atoms with Gasteiger partial charge in [0.2, 0.25) is 0 Å². The number of fused-ring (bicyclic) bond motifs is 6. The summed E-state index contributed by atoms with van der Waals surface area (Å²) in [5.41, 5.74) is 13.8. The van der Waals surface area contributed by atoms with E-state index in [9.17, 15) is 0 Å². The molecule has 0 fully saturated rings. The molecule has 0 bridgehead atoms. The summed E-state index contributed by atoms with van der Waals surface area (Å²) in [6.45, 7) is 2.37. The smallest absolute Gasteiger partial charge is 0.136 e. The van der Waals surface area contributed by atoms with Gasteiger partial charge in [-0.25, -0.2) is 0 Å². The van der Waals surface area contributed by atoms with Gasteiger partial charge in [0.05, 0.1) is 0 Å². The van der Waals surface area contributed by atoms with Gasteiger partial charge >= 0.3 is 0 Å². The Morgan fingerprint density at radius 3 is 1.63 bits per heavy atom. The first kappa shape index (κ1) is 26.5. The van der Waals surface area contributed by atoms with E-state index in [1.807, 2.05) is 0 Å². The minimum Gasteiger partial charge on any atom is -0.456 e. The highest BCUT2D eigenvalue weighted by Crippen LogP contribution is 2.53. The summed E-state index contributed by atoms with van der Waals surface area (Å²) in [6.07, 6.45) is 0. The zero-order valence-electron chi connectivity index (χ0n) is 25.5. The quantitative estimate of drug-likeness (QED) is 0.199. The fourth-order valence-electron chi connectivity index (χ4n) is 7.53. The average Bonchev–Trinajstić information content (AvgIpc) is 3.63. The number of furan rings is 1. The summed E-state index contributed by atoms with van der Waals surface area (Å²) in [7, 11) is 0. The number of para-hydroxylation sites is 2. The van der Waals surface area contributed by atoms with Crippen LogP contribution in [0.2, 0.25) is 0 Å². The van der Waals surface area contributed by atoms with Gasteiger partial charge in [0, 0.05) is 33.2 Å². The van der Waals surface area contributed by atoms with Crippen LogP contribution in [0.15, 0.2) is 174 Å². The molecule has 0 unspecified atom stereocenters. The maximum Gasteiger partial charge on any atom is 0.136 e. The normalized spacial score (nSPS) is 13.1. The van der Waals surface area contributed by atoms with E-state index in [0.717, 1.165) is 44.6 Å². The van der Waals surface area contributed by atoms with E-state index in [2.05, 4.69) is 182 Å². The zero-order valence-corrected chi connectivity index (χ0v) is 25.5. The van der Waals surface area contributed by atoms with Crippen LogP contribution in [0.3, 0.4) is 0 Å². The second kappa shape index (κ2) is 10.4. The molecule has 2 heteroatoms. The Kier molecular flexibility index (Phi) is 5.97. The van der Waals surface area contributed by atoms with E-state index in [-0.39, 0.29) is 5.41 Å². The van der Waals surface area contributed by atoms with E-state index in [0.29, 0.717) is 0 Å². The first-order chi connectivity index (χ1) is 22.7. The van der Waals surface area contributed by atoms with E-state index in [4.69, 9.17) is 4.42 Å². The predicted molar refractivity (Wildman–Crippen MR) is 191 cm³/mol. The van der Waals surface area contributed by atoms with Crippen molar-refractivity contribution in [1.82, 2.24) is 0 Å². The molecule has 8 aromatic rings. The minimum atomic E-state index is -0.264. The van der Waals surface area contributed by atoms with Crippen LogP contribution in [0.1, 0.15) is 23.6 Å². The first-order valence-corrected chi connectivity index (χ1v) is 15.9. The Morgan fingerprint density at radius 1 is 0.457 bits per heavy atom. The Hall–Kier alpha value is -5.86. The van der Waals surface area contributed by atoms with Crippen LogP contribution in [-0.4, -0.2) is 0 Å². The van der Waals surface area contributed by atoms with Crippen LogP contribution < -0.4 is 4.90 Å². The lowest BCUT2D eigenvalue weighted by Gasteiger charge is -2.28. The molecule has 0 spiro atoms. The SMILES string of the molecule is CC1(c2ccc3oc4cccc(-c5ccc(N(c6ccccc6)c6ccccc6)cc5)c4c3c2)c2ccccc2-c2ccccc21. The predicted octanol–water partition coefficient (Wildman–Crippen LogP) is 12.1. The third-order valence-electron chi connectivity index (χ3n) is 9.76. The van der Waals surface area contributed by atoms with Gasteiger partial charge in [-0.15, -0.1) is 0 Å². The molecular weight excluding hydrogens is 558 g/mol. The summed E-state index contributed by atoms with van der Waals surface area (Å²) in [5.74, 6) is 0. The van der Waals surface area contributed by atoms with Gasteiger partial charge in [0.15, 0.2) is 0 Å². The van der Waals surface area contributed by atoms with Crippen LogP contribution in [0, 0.1) is 0 Å². The molecule has 0 amide bonds. The maximum atomic E-state index is 6.47. The molecule has 1 aliphatic carbocycles. The Morgan fingerprint density at radius 2 is 1.00 bits per heavy atom. The highest BCUT2D eigenvalue weighted by Gasteiger charge is 2.40. The fourth-order valence-corrected chi connectivity index (χ4v) is 7.53. The second-order valence-electron chi connectivity index (χ2n) is 12.3. The van der Waals surface area contributed by atoms with Gasteiger partial charge in [-0.1, -0.05) is 115 Å². The average molecular weight is 590 g/mol. The minimum absolute atomic E-state index is 0.264. The lowest BCUT2D eigenvalue weighted by molar-refractivity contribution is 0.667. The topological polar surface area (TPSA) is 16.4 Å². The number of nitrogens with zero attached hydrogens (tertiary/aromatic N) is 1. The molecule has 7 aromatic carbocycles. The van der Waals surface area contributed by atoms with E-state index < -0.39 is 0 Å². The number of anilines is 3. The molecule has 0 radical (unpaired) electrons. The van der Waals surface area contributed by atoms with Crippen molar-refractivity contribution >= 4 is 39.0 Å². The van der Waals surface area contributed by atoms with Gasteiger partial charge in [-0.3, -0.25) is 0 Å². The number of hydrogen-bond acceptors (Lipinski definition) is 2. The third kappa shape index (κ3) is 3.97. The highest BCUT2D eigenvalue weighted by atomic mass is 16.3. The van der Waals surface area contributed by atoms with Gasteiger partial charge < -0.3 is 9.32 Å². The van der Waals surface area contributed by atoms with Gasteiger partial charge in [0.25, 0.3) is 0 Å². The highest BCUT2D eigenvalue weighted by molar-refractivity contribution is 6.12. The summed E-state index contributed by atoms with van der Waals surface area (Å²) in [6, 6.07) is 60.8. The summed E-state index contributed by atoms with van der Waals surface area (Å²) >= 11 is 0. The number of hydrogen-bond donors (Lipinski definition) is 0. The molecule has 218 valence electrons. The van der Waals surface area contributed by atoms with Crippen molar-refractivity contribution in [2.24, 2.45) is 0 Å². The van der Waals surface area contributed by atoms with Crippen molar-refractivity contribution in [2.45, 2.75) is 12.3 Å².